The van der Waals surface area contributed by atoms with Gasteiger partial charge in [-0.3, -0.25) is 0 Å². The minimum Gasteiger partial charge on any atom is -0.396 e. The molecule has 0 aromatic heterocycles. The summed E-state index contributed by atoms with van der Waals surface area (Å²) in [5.41, 5.74) is 6.83. The highest BCUT2D eigenvalue weighted by molar-refractivity contribution is 5.18. The third kappa shape index (κ3) is 4.65. The average molecular weight is 181 g/mol. The maximum atomic E-state index is 8.62. The van der Waals surface area contributed by atoms with Crippen LogP contribution in [0.4, 0.5) is 0 Å². The Morgan fingerprint density at radius 1 is 1.23 bits per heavy atom. The number of nitrogens with two attached hydrogens (primary N) is 1. The first kappa shape index (κ1) is 12.1. The molecule has 0 bridgehead atoms. The van der Waals surface area contributed by atoms with Crippen LogP contribution in [0, 0.1) is 0 Å². The maximum Gasteiger partial charge on any atom is 0.0449 e. The molecule has 3 N–H and O–H groups in total. The van der Waals surface area contributed by atoms with Gasteiger partial charge in [-0.2, -0.15) is 0 Å². The van der Waals surface area contributed by atoms with Crippen molar-refractivity contribution < 1.29 is 5.11 Å². The zero-order valence-electron chi connectivity index (χ0n) is 8.40. The van der Waals surface area contributed by atoms with Gasteiger partial charge in [0, 0.05) is 12.6 Å². The minimum absolute atomic E-state index is 0.0267. The van der Waals surface area contributed by atoms with Gasteiger partial charge >= 0.3 is 0 Å². The Hall–Kier alpha value is -0.860. The fraction of sp³-hybridized carbons (Fsp3) is 0.455. The molecule has 13 heavy (non-hydrogen) atoms. The molecular formula is C11H19NO. The smallest absolute Gasteiger partial charge is 0.0449 e. The number of hydrogen-bond acceptors (Lipinski definition) is 2. The largest absolute Gasteiger partial charge is 0.396 e. The standard InChI is InChI=1S/C9H13NO.C2H6/c10-9(6-7-11)8-4-2-1-3-5-8;1-2/h1-5,9,11H,6-7,10H2;1-2H3. The second-order valence-corrected chi connectivity index (χ2v) is 2.53. The van der Waals surface area contributed by atoms with E-state index in [1.807, 2.05) is 44.2 Å². The highest BCUT2D eigenvalue weighted by atomic mass is 16.3. The lowest BCUT2D eigenvalue weighted by Crippen LogP contribution is -2.11. The van der Waals surface area contributed by atoms with E-state index < -0.39 is 0 Å². The van der Waals surface area contributed by atoms with Crippen LogP contribution in [0.2, 0.25) is 0 Å². The van der Waals surface area contributed by atoms with E-state index in [0.717, 1.165) is 5.56 Å². The lowest BCUT2D eigenvalue weighted by atomic mass is 10.1. The molecule has 0 radical (unpaired) electrons. The molecule has 0 heterocycles. The third-order valence-electron chi connectivity index (χ3n) is 1.67. The van der Waals surface area contributed by atoms with Crippen molar-refractivity contribution in [2.75, 3.05) is 6.61 Å². The molecule has 0 aliphatic carbocycles. The van der Waals surface area contributed by atoms with E-state index >= 15 is 0 Å². The van der Waals surface area contributed by atoms with Gasteiger partial charge in [0.25, 0.3) is 0 Å². The Balaban J connectivity index is 0.000000671. The van der Waals surface area contributed by atoms with Crippen molar-refractivity contribution in [1.29, 1.82) is 0 Å². The van der Waals surface area contributed by atoms with Gasteiger partial charge in [0.05, 0.1) is 0 Å². The molecule has 1 atom stereocenters. The van der Waals surface area contributed by atoms with Gasteiger partial charge in [-0.05, 0) is 12.0 Å². The van der Waals surface area contributed by atoms with Crippen molar-refractivity contribution in [2.24, 2.45) is 5.73 Å². The molecule has 2 nitrogen and oxygen atoms in total. The summed E-state index contributed by atoms with van der Waals surface area (Å²) in [5, 5.41) is 8.62. The van der Waals surface area contributed by atoms with E-state index in [4.69, 9.17) is 10.8 Å². The highest BCUT2D eigenvalue weighted by Gasteiger charge is 2.02. The molecule has 0 aliphatic heterocycles. The first-order valence-corrected chi connectivity index (χ1v) is 4.76. The van der Waals surface area contributed by atoms with Crippen molar-refractivity contribution in [3.63, 3.8) is 0 Å². The van der Waals surface area contributed by atoms with Crippen LogP contribution in [0.15, 0.2) is 30.3 Å². The minimum atomic E-state index is -0.0267. The lowest BCUT2D eigenvalue weighted by molar-refractivity contribution is 0.276. The topological polar surface area (TPSA) is 46.2 Å². The lowest BCUT2D eigenvalue weighted by Gasteiger charge is -2.08. The van der Waals surface area contributed by atoms with E-state index in [0.29, 0.717) is 6.42 Å². The maximum absolute atomic E-state index is 8.62. The van der Waals surface area contributed by atoms with Crippen LogP contribution in [-0.2, 0) is 0 Å². The predicted octanol–water partition coefficient (Wildman–Crippen LogP) is 2.09. The van der Waals surface area contributed by atoms with Crippen LogP contribution >= 0.6 is 0 Å². The molecule has 74 valence electrons. The summed E-state index contributed by atoms with van der Waals surface area (Å²) in [6.07, 6.45) is 0.629. The molecule has 0 saturated carbocycles. The monoisotopic (exact) mass is 181 g/mol. The van der Waals surface area contributed by atoms with Crippen LogP contribution in [0.5, 0.6) is 0 Å². The number of benzene rings is 1. The zero-order valence-corrected chi connectivity index (χ0v) is 8.40. The predicted molar refractivity (Wildman–Crippen MR) is 56.4 cm³/mol. The molecule has 1 aromatic rings. The van der Waals surface area contributed by atoms with E-state index in [1.165, 1.54) is 0 Å². The van der Waals surface area contributed by atoms with E-state index in [1.54, 1.807) is 0 Å². The highest BCUT2D eigenvalue weighted by Crippen LogP contribution is 2.11. The van der Waals surface area contributed by atoms with Crippen molar-refractivity contribution in [3.05, 3.63) is 35.9 Å². The first-order chi connectivity index (χ1) is 6.34. The van der Waals surface area contributed by atoms with E-state index in [-0.39, 0.29) is 12.6 Å². The van der Waals surface area contributed by atoms with Gasteiger partial charge < -0.3 is 10.8 Å². The van der Waals surface area contributed by atoms with Gasteiger partial charge in [0.2, 0.25) is 0 Å². The molecular weight excluding hydrogens is 162 g/mol. The Kier molecular flexibility index (Phi) is 7.26. The summed E-state index contributed by atoms with van der Waals surface area (Å²) >= 11 is 0. The summed E-state index contributed by atoms with van der Waals surface area (Å²) in [4.78, 5) is 0. The van der Waals surface area contributed by atoms with Crippen LogP contribution in [0.25, 0.3) is 0 Å². The quantitative estimate of drug-likeness (QED) is 0.750. The number of hydrogen-bond donors (Lipinski definition) is 2. The average Bonchev–Trinajstić information content (AvgIpc) is 2.23. The van der Waals surface area contributed by atoms with E-state index in [9.17, 15) is 0 Å². The Morgan fingerprint density at radius 3 is 2.23 bits per heavy atom. The van der Waals surface area contributed by atoms with Crippen LogP contribution < -0.4 is 5.73 Å². The second-order valence-electron chi connectivity index (χ2n) is 2.53. The number of aliphatic hydroxyl groups excluding tert-OH is 1. The van der Waals surface area contributed by atoms with Crippen molar-refractivity contribution >= 4 is 0 Å². The normalized spacial score (nSPS) is 11.4. The van der Waals surface area contributed by atoms with Gasteiger partial charge in [-0.15, -0.1) is 0 Å². The molecule has 0 amide bonds. The van der Waals surface area contributed by atoms with Crippen molar-refractivity contribution in [1.82, 2.24) is 0 Å². The third-order valence-corrected chi connectivity index (χ3v) is 1.67. The van der Waals surface area contributed by atoms with Crippen molar-refractivity contribution in [3.8, 4) is 0 Å². The fourth-order valence-electron chi connectivity index (χ4n) is 1.01. The molecule has 2 heteroatoms. The summed E-state index contributed by atoms with van der Waals surface area (Å²) in [6.45, 7) is 4.15. The molecule has 1 rings (SSSR count). The Morgan fingerprint density at radius 2 is 1.77 bits per heavy atom. The van der Waals surface area contributed by atoms with Crippen LogP contribution in [-0.4, -0.2) is 11.7 Å². The summed E-state index contributed by atoms with van der Waals surface area (Å²) < 4.78 is 0. The zero-order chi connectivity index (χ0) is 10.1. The summed E-state index contributed by atoms with van der Waals surface area (Å²) in [5.74, 6) is 0. The van der Waals surface area contributed by atoms with Gasteiger partial charge in [0.1, 0.15) is 0 Å². The Bertz CT molecular complexity index is 199. The van der Waals surface area contributed by atoms with Gasteiger partial charge in [-0.1, -0.05) is 44.2 Å². The van der Waals surface area contributed by atoms with Crippen LogP contribution in [0.1, 0.15) is 31.9 Å². The molecule has 0 fully saturated rings. The first-order valence-electron chi connectivity index (χ1n) is 4.76. The summed E-state index contributed by atoms with van der Waals surface area (Å²) in [6, 6.07) is 9.77. The number of aliphatic hydroxyl groups is 1. The number of rotatable bonds is 3. The molecule has 0 spiro atoms. The van der Waals surface area contributed by atoms with Crippen LogP contribution in [0.3, 0.4) is 0 Å². The molecule has 0 saturated heterocycles. The van der Waals surface area contributed by atoms with Gasteiger partial charge in [-0.25, -0.2) is 0 Å². The van der Waals surface area contributed by atoms with Crippen molar-refractivity contribution in [2.45, 2.75) is 26.3 Å². The second kappa shape index (κ2) is 7.77. The molecule has 1 aromatic carbocycles. The fourth-order valence-corrected chi connectivity index (χ4v) is 1.01. The molecule has 1 unspecified atom stereocenters. The van der Waals surface area contributed by atoms with Gasteiger partial charge in [0.15, 0.2) is 0 Å². The SMILES string of the molecule is CC.NC(CCO)c1ccccc1. The van der Waals surface area contributed by atoms with E-state index in [2.05, 4.69) is 0 Å². The summed E-state index contributed by atoms with van der Waals surface area (Å²) in [7, 11) is 0. The Labute approximate surface area is 80.4 Å². The molecule has 0 aliphatic rings.